The number of rotatable bonds is 6. The minimum atomic E-state index is -0.477. The molecule has 2 aliphatic rings. The van der Waals surface area contributed by atoms with Crippen molar-refractivity contribution in [3.63, 3.8) is 0 Å². The Morgan fingerprint density at radius 3 is 2.72 bits per heavy atom. The molecule has 172 valence electrons. The van der Waals surface area contributed by atoms with Crippen LogP contribution >= 0.6 is 0 Å². The van der Waals surface area contributed by atoms with Gasteiger partial charge in [-0.2, -0.15) is 5.10 Å². The van der Waals surface area contributed by atoms with E-state index in [0.29, 0.717) is 44.0 Å². The number of carbonyl (C=O) groups is 2. The first-order chi connectivity index (χ1) is 15.4. The monoisotopic (exact) mass is 443 g/mol. The highest BCUT2D eigenvalue weighted by Crippen LogP contribution is 2.38. The van der Waals surface area contributed by atoms with Crippen LogP contribution in [0, 0.1) is 17.2 Å². The van der Waals surface area contributed by atoms with Crippen LogP contribution in [0.1, 0.15) is 58.8 Å². The quantitative estimate of drug-likeness (QED) is 0.694. The predicted octanol–water partition coefficient (Wildman–Crippen LogP) is 3.16. The van der Waals surface area contributed by atoms with Crippen molar-refractivity contribution in [2.75, 3.05) is 26.4 Å². The molecule has 0 radical (unpaired) electrons. The second kappa shape index (κ2) is 9.40. The molecule has 1 aromatic carbocycles. The summed E-state index contributed by atoms with van der Waals surface area (Å²) in [5, 5.41) is 7.87. The molecule has 1 aromatic heterocycles. The molecule has 8 heteroatoms. The number of amides is 1. The molecule has 1 N–H and O–H groups in total. The average molecular weight is 444 g/mol. The average Bonchev–Trinajstić information content (AvgIpc) is 3.06. The SMILES string of the molecule is CCn1nc(C[C@@H](C)COC(=O)c2ccc(F)cc2)c2c1C(=O)NCC1(CCOCC1)C2. The van der Waals surface area contributed by atoms with Crippen LogP contribution in [-0.4, -0.2) is 48.0 Å². The summed E-state index contributed by atoms with van der Waals surface area (Å²) in [5.74, 6) is -0.927. The van der Waals surface area contributed by atoms with Crippen LogP contribution in [0.3, 0.4) is 0 Å². The second-order valence-corrected chi connectivity index (χ2v) is 8.98. The topological polar surface area (TPSA) is 82.5 Å². The number of aryl methyl sites for hydroxylation is 1. The molecule has 32 heavy (non-hydrogen) atoms. The summed E-state index contributed by atoms with van der Waals surface area (Å²) < 4.78 is 25.9. The van der Waals surface area contributed by atoms with Crippen molar-refractivity contribution in [3.05, 3.63) is 52.6 Å². The van der Waals surface area contributed by atoms with E-state index in [1.54, 1.807) is 4.68 Å². The number of halogens is 1. The maximum Gasteiger partial charge on any atom is 0.338 e. The van der Waals surface area contributed by atoms with Crippen molar-refractivity contribution >= 4 is 11.9 Å². The highest BCUT2D eigenvalue weighted by molar-refractivity contribution is 5.94. The summed E-state index contributed by atoms with van der Waals surface area (Å²) in [6, 6.07) is 5.31. The predicted molar refractivity (Wildman–Crippen MR) is 116 cm³/mol. The van der Waals surface area contributed by atoms with E-state index in [1.165, 1.54) is 24.3 Å². The highest BCUT2D eigenvalue weighted by atomic mass is 19.1. The molecule has 1 saturated heterocycles. The largest absolute Gasteiger partial charge is 0.462 e. The minimum Gasteiger partial charge on any atom is -0.462 e. The van der Waals surface area contributed by atoms with Crippen molar-refractivity contribution in [3.8, 4) is 0 Å². The van der Waals surface area contributed by atoms with Gasteiger partial charge in [-0.3, -0.25) is 9.48 Å². The number of carbonyl (C=O) groups excluding carboxylic acids is 2. The molecule has 4 rings (SSSR count). The number of aromatic nitrogens is 2. The first-order valence-electron chi connectivity index (χ1n) is 11.3. The van der Waals surface area contributed by atoms with Gasteiger partial charge in [-0.15, -0.1) is 0 Å². The number of esters is 1. The van der Waals surface area contributed by atoms with Gasteiger partial charge in [-0.05, 0) is 68.2 Å². The van der Waals surface area contributed by atoms with Gasteiger partial charge in [-0.1, -0.05) is 6.92 Å². The van der Waals surface area contributed by atoms with E-state index in [2.05, 4.69) is 5.32 Å². The molecular formula is C24H30FN3O4. The van der Waals surface area contributed by atoms with Crippen LogP contribution < -0.4 is 5.32 Å². The van der Waals surface area contributed by atoms with Gasteiger partial charge in [0.1, 0.15) is 11.5 Å². The van der Waals surface area contributed by atoms with Crippen LogP contribution in [0.25, 0.3) is 0 Å². The normalized spacial score (nSPS) is 18.5. The molecule has 3 heterocycles. The number of hydrogen-bond donors (Lipinski definition) is 1. The van der Waals surface area contributed by atoms with E-state index in [1.807, 2.05) is 13.8 Å². The zero-order chi connectivity index (χ0) is 22.7. The lowest BCUT2D eigenvalue weighted by Gasteiger charge is -2.36. The second-order valence-electron chi connectivity index (χ2n) is 8.98. The Labute approximate surface area is 187 Å². The summed E-state index contributed by atoms with van der Waals surface area (Å²) in [4.78, 5) is 25.2. The number of hydrogen-bond acceptors (Lipinski definition) is 5. The summed E-state index contributed by atoms with van der Waals surface area (Å²) in [7, 11) is 0. The third-order valence-electron chi connectivity index (χ3n) is 6.50. The molecule has 2 aromatic rings. The number of ether oxygens (including phenoxy) is 2. The number of nitrogens with zero attached hydrogens (tertiary/aromatic N) is 2. The van der Waals surface area contributed by atoms with Gasteiger partial charge in [-0.25, -0.2) is 9.18 Å². The van der Waals surface area contributed by atoms with Crippen molar-refractivity contribution in [1.29, 1.82) is 0 Å². The Hall–Kier alpha value is -2.74. The zero-order valence-corrected chi connectivity index (χ0v) is 18.7. The van der Waals surface area contributed by atoms with Gasteiger partial charge in [0.2, 0.25) is 0 Å². The highest BCUT2D eigenvalue weighted by Gasteiger charge is 2.39. The Kier molecular flexibility index (Phi) is 6.60. The molecule has 1 fully saturated rings. The van der Waals surface area contributed by atoms with E-state index < -0.39 is 11.8 Å². The van der Waals surface area contributed by atoms with Gasteiger partial charge in [0.05, 0.1) is 17.9 Å². The Morgan fingerprint density at radius 1 is 1.31 bits per heavy atom. The van der Waals surface area contributed by atoms with Gasteiger partial charge in [0.15, 0.2) is 0 Å². The fourth-order valence-electron chi connectivity index (χ4n) is 4.60. The molecule has 0 aliphatic carbocycles. The standard InChI is InChI=1S/C24H30FN3O4/c1-3-28-21-19(13-24(15-26-22(21)29)8-10-31-11-9-24)20(27-28)12-16(2)14-32-23(30)17-4-6-18(25)7-5-17/h4-7,16H,3,8-15H2,1-2H3,(H,26,29)/t16-/m1/s1. The van der Waals surface area contributed by atoms with Crippen molar-refractivity contribution in [2.24, 2.45) is 11.3 Å². The van der Waals surface area contributed by atoms with Crippen molar-refractivity contribution < 1.29 is 23.5 Å². The molecule has 1 atom stereocenters. The van der Waals surface area contributed by atoms with Gasteiger partial charge >= 0.3 is 5.97 Å². The molecule has 1 spiro atoms. The summed E-state index contributed by atoms with van der Waals surface area (Å²) in [6.45, 7) is 6.87. The smallest absolute Gasteiger partial charge is 0.338 e. The summed E-state index contributed by atoms with van der Waals surface area (Å²) >= 11 is 0. The van der Waals surface area contributed by atoms with E-state index in [0.717, 1.165) is 30.5 Å². The molecule has 0 saturated carbocycles. The lowest BCUT2D eigenvalue weighted by molar-refractivity contribution is 0.0160. The maximum atomic E-state index is 13.1. The number of fused-ring (bicyclic) bond motifs is 1. The van der Waals surface area contributed by atoms with Crippen LogP contribution in [0.4, 0.5) is 4.39 Å². The zero-order valence-electron chi connectivity index (χ0n) is 18.7. The maximum absolute atomic E-state index is 13.1. The molecule has 1 amide bonds. The van der Waals surface area contributed by atoms with Crippen LogP contribution in [0.15, 0.2) is 24.3 Å². The van der Waals surface area contributed by atoms with Crippen molar-refractivity contribution in [1.82, 2.24) is 15.1 Å². The Balaban J connectivity index is 1.49. The fourth-order valence-corrected chi connectivity index (χ4v) is 4.60. The van der Waals surface area contributed by atoms with Crippen LogP contribution in [-0.2, 0) is 28.9 Å². The van der Waals surface area contributed by atoms with E-state index in [-0.39, 0.29) is 23.8 Å². The minimum absolute atomic E-state index is 0.00615. The molecule has 0 unspecified atom stereocenters. The third-order valence-corrected chi connectivity index (χ3v) is 6.50. The third kappa shape index (κ3) is 4.70. The molecule has 2 aliphatic heterocycles. The van der Waals surface area contributed by atoms with Crippen molar-refractivity contribution in [2.45, 2.75) is 46.1 Å². The van der Waals surface area contributed by atoms with Gasteiger partial charge in [0, 0.05) is 31.9 Å². The van der Waals surface area contributed by atoms with E-state index in [9.17, 15) is 14.0 Å². The lowest BCUT2D eigenvalue weighted by atomic mass is 9.75. The fraction of sp³-hybridized carbons (Fsp3) is 0.542. The number of nitrogens with one attached hydrogen (secondary N) is 1. The van der Waals surface area contributed by atoms with Crippen LogP contribution in [0.5, 0.6) is 0 Å². The lowest BCUT2D eigenvalue weighted by Crippen LogP contribution is -2.40. The first kappa shape index (κ1) is 22.5. The van der Waals surface area contributed by atoms with Gasteiger partial charge in [0.25, 0.3) is 5.91 Å². The summed E-state index contributed by atoms with van der Waals surface area (Å²) in [6.07, 6.45) is 3.22. The summed E-state index contributed by atoms with van der Waals surface area (Å²) in [5.41, 5.74) is 2.88. The molecule has 7 nitrogen and oxygen atoms in total. The van der Waals surface area contributed by atoms with Crippen LogP contribution in [0.2, 0.25) is 0 Å². The number of benzene rings is 1. The molecule has 0 bridgehead atoms. The Morgan fingerprint density at radius 2 is 2.03 bits per heavy atom. The molecular weight excluding hydrogens is 413 g/mol. The van der Waals surface area contributed by atoms with E-state index >= 15 is 0 Å². The Bertz CT molecular complexity index is 980. The van der Waals surface area contributed by atoms with E-state index in [4.69, 9.17) is 14.6 Å². The van der Waals surface area contributed by atoms with Gasteiger partial charge < -0.3 is 14.8 Å². The first-order valence-corrected chi connectivity index (χ1v) is 11.3.